The maximum absolute atomic E-state index is 12.8. The van der Waals surface area contributed by atoms with E-state index < -0.39 is 23.9 Å². The third-order valence-electron chi connectivity index (χ3n) is 5.60. The van der Waals surface area contributed by atoms with Crippen molar-refractivity contribution in [2.45, 2.75) is 39.3 Å². The van der Waals surface area contributed by atoms with E-state index >= 15 is 0 Å². The van der Waals surface area contributed by atoms with Crippen LogP contribution < -0.4 is 21.5 Å². The Hall–Kier alpha value is -4.41. The van der Waals surface area contributed by atoms with Gasteiger partial charge in [-0.3, -0.25) is 19.4 Å². The second kappa shape index (κ2) is 12.5. The number of hydrogen-bond donors (Lipinski definition) is 3. The highest BCUT2D eigenvalue weighted by atomic mass is 16.5. The molecule has 0 aliphatic heterocycles. The first-order valence-electron chi connectivity index (χ1n) is 11.9. The van der Waals surface area contributed by atoms with Crippen LogP contribution in [0.15, 0.2) is 47.3 Å². The van der Waals surface area contributed by atoms with Crippen LogP contribution in [-0.4, -0.2) is 54.1 Å². The summed E-state index contributed by atoms with van der Waals surface area (Å²) in [7, 11) is 1.89. The minimum absolute atomic E-state index is 0.0224. The zero-order chi connectivity index (χ0) is 26.9. The minimum atomic E-state index is -0.972. The number of nitrogens with one attached hydrogen (secondary N) is 2. The molecule has 0 aliphatic rings. The molecule has 2 aromatic carbocycles. The highest BCUT2D eigenvalue weighted by molar-refractivity contribution is 5.97. The molecular weight excluding hydrogens is 478 g/mol. The van der Waals surface area contributed by atoms with Crippen LogP contribution in [0.3, 0.4) is 0 Å². The average Bonchev–Trinajstić information content (AvgIpc) is 2.87. The SMILES string of the molecule is CCOC(=O)CC[C@H](NC(=O)c1ccc(N(C)Cc2ccc3nc(N)[nH]c(=O)c3c2)cc1)C(=O)OCC. The van der Waals surface area contributed by atoms with E-state index in [2.05, 4.69) is 15.3 Å². The second-order valence-corrected chi connectivity index (χ2v) is 8.33. The molecule has 1 heterocycles. The first kappa shape index (κ1) is 27.2. The fraction of sp³-hybridized carbons (Fsp3) is 0.346. The lowest BCUT2D eigenvalue weighted by Crippen LogP contribution is -2.42. The van der Waals surface area contributed by atoms with Gasteiger partial charge in [0.15, 0.2) is 0 Å². The molecule has 4 N–H and O–H groups in total. The number of aromatic nitrogens is 2. The Balaban J connectivity index is 1.66. The number of nitrogen functional groups attached to an aromatic ring is 1. The number of ether oxygens (including phenoxy) is 2. The minimum Gasteiger partial charge on any atom is -0.466 e. The standard InChI is InChI=1S/C26H31N5O6/c1-4-36-22(32)13-12-21(25(35)37-5-2)28-23(33)17-7-9-18(10-8-17)31(3)15-16-6-11-20-19(14-16)24(34)30-26(27)29-20/h6-11,14,21H,4-5,12-13,15H2,1-3H3,(H,28,33)(H3,27,29,30,34)/t21-/m0/s1. The summed E-state index contributed by atoms with van der Waals surface area (Å²) in [5.41, 5.74) is 7.91. The number of nitrogens with zero attached hydrogens (tertiary/aromatic N) is 2. The van der Waals surface area contributed by atoms with E-state index in [-0.39, 0.29) is 37.6 Å². The Kier molecular flexibility index (Phi) is 9.20. The zero-order valence-corrected chi connectivity index (χ0v) is 21.1. The number of anilines is 2. The largest absolute Gasteiger partial charge is 0.466 e. The third-order valence-corrected chi connectivity index (χ3v) is 5.60. The topological polar surface area (TPSA) is 157 Å². The first-order chi connectivity index (χ1) is 17.7. The summed E-state index contributed by atoms with van der Waals surface area (Å²) < 4.78 is 9.93. The summed E-state index contributed by atoms with van der Waals surface area (Å²) in [4.78, 5) is 57.5. The smallest absolute Gasteiger partial charge is 0.328 e. The van der Waals surface area contributed by atoms with Gasteiger partial charge in [-0.2, -0.15) is 0 Å². The molecule has 37 heavy (non-hydrogen) atoms. The van der Waals surface area contributed by atoms with Crippen molar-refractivity contribution in [1.82, 2.24) is 15.3 Å². The summed E-state index contributed by atoms with van der Waals surface area (Å²) in [5, 5.41) is 3.10. The highest BCUT2D eigenvalue weighted by Gasteiger charge is 2.24. The van der Waals surface area contributed by atoms with E-state index in [0.29, 0.717) is 23.0 Å². The number of aromatic amines is 1. The molecule has 0 saturated carbocycles. The van der Waals surface area contributed by atoms with Crippen LogP contribution in [0, 0.1) is 0 Å². The molecule has 1 atom stereocenters. The first-order valence-corrected chi connectivity index (χ1v) is 11.9. The van der Waals surface area contributed by atoms with E-state index in [1.165, 1.54) is 0 Å². The lowest BCUT2D eigenvalue weighted by atomic mass is 10.1. The summed E-state index contributed by atoms with van der Waals surface area (Å²) in [5.74, 6) is -1.45. The summed E-state index contributed by atoms with van der Waals surface area (Å²) in [6.07, 6.45) is 0.0480. The molecule has 11 nitrogen and oxygen atoms in total. The molecule has 0 unspecified atom stereocenters. The third kappa shape index (κ3) is 7.29. The van der Waals surface area contributed by atoms with Gasteiger partial charge in [0.05, 0.1) is 24.1 Å². The number of esters is 2. The van der Waals surface area contributed by atoms with Crippen molar-refractivity contribution >= 4 is 40.4 Å². The molecule has 3 rings (SSSR count). The van der Waals surface area contributed by atoms with E-state index in [1.807, 2.05) is 18.0 Å². The Morgan fingerprint density at radius 2 is 1.78 bits per heavy atom. The summed E-state index contributed by atoms with van der Waals surface area (Å²) in [6, 6.07) is 11.3. The van der Waals surface area contributed by atoms with Crippen molar-refractivity contribution in [2.75, 3.05) is 30.9 Å². The fourth-order valence-electron chi connectivity index (χ4n) is 3.76. The predicted octanol–water partition coefficient (Wildman–Crippen LogP) is 2.15. The quantitative estimate of drug-likeness (QED) is 0.329. The number of amides is 1. The summed E-state index contributed by atoms with van der Waals surface area (Å²) in [6.45, 7) is 4.26. The van der Waals surface area contributed by atoms with E-state index in [9.17, 15) is 19.2 Å². The zero-order valence-electron chi connectivity index (χ0n) is 21.1. The molecule has 0 spiro atoms. The molecule has 11 heteroatoms. The van der Waals surface area contributed by atoms with Crippen LogP contribution in [0.5, 0.6) is 0 Å². The molecule has 0 bridgehead atoms. The number of nitrogens with two attached hydrogens (primary N) is 1. The Morgan fingerprint density at radius 3 is 2.46 bits per heavy atom. The van der Waals surface area contributed by atoms with Gasteiger partial charge in [-0.1, -0.05) is 6.07 Å². The van der Waals surface area contributed by atoms with Crippen LogP contribution in [-0.2, 0) is 25.6 Å². The van der Waals surface area contributed by atoms with Crippen LogP contribution in [0.2, 0.25) is 0 Å². The van der Waals surface area contributed by atoms with Gasteiger partial charge in [0, 0.05) is 31.3 Å². The van der Waals surface area contributed by atoms with Gasteiger partial charge in [0.25, 0.3) is 11.5 Å². The van der Waals surface area contributed by atoms with E-state index in [0.717, 1.165) is 11.3 Å². The molecule has 0 aliphatic carbocycles. The van der Waals surface area contributed by atoms with Gasteiger partial charge in [0.1, 0.15) is 6.04 Å². The van der Waals surface area contributed by atoms with Gasteiger partial charge in [-0.15, -0.1) is 0 Å². The lowest BCUT2D eigenvalue weighted by Gasteiger charge is -2.20. The number of carbonyl (C=O) groups is 3. The molecule has 0 radical (unpaired) electrons. The van der Waals surface area contributed by atoms with Crippen molar-refractivity contribution in [1.29, 1.82) is 0 Å². The monoisotopic (exact) mass is 509 g/mol. The maximum atomic E-state index is 12.8. The highest BCUT2D eigenvalue weighted by Crippen LogP contribution is 2.19. The van der Waals surface area contributed by atoms with Gasteiger partial charge in [-0.25, -0.2) is 9.78 Å². The Morgan fingerprint density at radius 1 is 1.08 bits per heavy atom. The van der Waals surface area contributed by atoms with E-state index in [1.54, 1.807) is 50.2 Å². The number of H-pyrrole nitrogens is 1. The number of hydrogen-bond acceptors (Lipinski definition) is 9. The van der Waals surface area contributed by atoms with Gasteiger partial charge in [-0.05, 0) is 62.2 Å². The predicted molar refractivity (Wildman–Crippen MR) is 139 cm³/mol. The second-order valence-electron chi connectivity index (χ2n) is 8.33. The molecule has 0 saturated heterocycles. The van der Waals surface area contributed by atoms with Crippen LogP contribution in [0.4, 0.5) is 11.6 Å². The normalized spacial score (nSPS) is 11.5. The summed E-state index contributed by atoms with van der Waals surface area (Å²) >= 11 is 0. The number of fused-ring (bicyclic) bond motifs is 1. The van der Waals surface area contributed by atoms with Crippen molar-refractivity contribution in [3.63, 3.8) is 0 Å². The molecular formula is C26H31N5O6. The Labute approximate surface area is 214 Å². The van der Waals surface area contributed by atoms with Crippen molar-refractivity contribution < 1.29 is 23.9 Å². The molecule has 3 aromatic rings. The van der Waals surface area contributed by atoms with Crippen LogP contribution in [0.25, 0.3) is 10.9 Å². The van der Waals surface area contributed by atoms with E-state index in [4.69, 9.17) is 15.2 Å². The molecule has 1 aromatic heterocycles. The number of rotatable bonds is 11. The average molecular weight is 510 g/mol. The van der Waals surface area contributed by atoms with Crippen molar-refractivity contribution in [2.24, 2.45) is 0 Å². The lowest BCUT2D eigenvalue weighted by molar-refractivity contribution is -0.146. The molecule has 0 fully saturated rings. The number of benzene rings is 2. The van der Waals surface area contributed by atoms with Crippen molar-refractivity contribution in [3.8, 4) is 0 Å². The van der Waals surface area contributed by atoms with Gasteiger partial charge < -0.3 is 25.4 Å². The van der Waals surface area contributed by atoms with Crippen molar-refractivity contribution in [3.05, 3.63) is 63.9 Å². The van der Waals surface area contributed by atoms with Gasteiger partial charge >= 0.3 is 11.9 Å². The molecule has 196 valence electrons. The Bertz CT molecular complexity index is 1320. The maximum Gasteiger partial charge on any atom is 0.328 e. The fourth-order valence-corrected chi connectivity index (χ4v) is 3.76. The van der Waals surface area contributed by atoms with Crippen LogP contribution in [0.1, 0.15) is 42.6 Å². The van der Waals surface area contributed by atoms with Gasteiger partial charge in [0.2, 0.25) is 5.95 Å². The number of carbonyl (C=O) groups excluding carboxylic acids is 3. The molecule has 1 amide bonds. The van der Waals surface area contributed by atoms with Crippen LogP contribution >= 0.6 is 0 Å².